The van der Waals surface area contributed by atoms with Crippen molar-refractivity contribution in [3.8, 4) is 5.75 Å². The van der Waals surface area contributed by atoms with Crippen LogP contribution in [-0.4, -0.2) is 16.2 Å². The van der Waals surface area contributed by atoms with Crippen LogP contribution in [0.25, 0.3) is 0 Å². The molecule has 2 aromatic rings. The third-order valence-corrected chi connectivity index (χ3v) is 3.37. The summed E-state index contributed by atoms with van der Waals surface area (Å²) >= 11 is 0. The van der Waals surface area contributed by atoms with Crippen molar-refractivity contribution in [1.82, 2.24) is 15.5 Å². The highest BCUT2D eigenvalue weighted by Gasteiger charge is 2.21. The fourth-order valence-electron chi connectivity index (χ4n) is 2.03. The lowest BCUT2D eigenvalue weighted by molar-refractivity contribution is 0.269. The van der Waals surface area contributed by atoms with Crippen molar-refractivity contribution < 1.29 is 13.7 Å². The minimum atomic E-state index is -0.371. The van der Waals surface area contributed by atoms with Crippen LogP contribution in [0.1, 0.15) is 37.0 Å². The highest BCUT2D eigenvalue weighted by atomic mass is 19.1. The third kappa shape index (κ3) is 3.58. The molecule has 1 aliphatic carbocycles. The van der Waals surface area contributed by atoms with Gasteiger partial charge in [0.1, 0.15) is 0 Å². The van der Waals surface area contributed by atoms with Crippen LogP contribution in [0.3, 0.4) is 0 Å². The molecule has 0 unspecified atom stereocenters. The van der Waals surface area contributed by atoms with E-state index in [1.165, 1.54) is 18.9 Å². The Morgan fingerprint density at radius 2 is 2.29 bits per heavy atom. The van der Waals surface area contributed by atoms with Crippen LogP contribution < -0.4 is 10.1 Å². The summed E-state index contributed by atoms with van der Waals surface area (Å²) in [5.41, 5.74) is 0.807. The first-order valence-corrected chi connectivity index (χ1v) is 7.21. The van der Waals surface area contributed by atoms with Crippen molar-refractivity contribution in [1.29, 1.82) is 0 Å². The molecule has 0 spiro atoms. The smallest absolute Gasteiger partial charge is 0.226 e. The average Bonchev–Trinajstić information content (AvgIpc) is 3.21. The Bertz CT molecular complexity index is 611. The van der Waals surface area contributed by atoms with E-state index in [1.54, 1.807) is 6.07 Å². The number of nitrogens with one attached hydrogen (secondary N) is 1. The van der Waals surface area contributed by atoms with E-state index in [-0.39, 0.29) is 18.2 Å². The van der Waals surface area contributed by atoms with E-state index >= 15 is 0 Å². The minimum absolute atomic E-state index is 0.0981. The Kier molecular flexibility index (Phi) is 4.15. The number of rotatable bonds is 7. The average molecular weight is 291 g/mol. The molecular formula is C15H18FN3O2. The van der Waals surface area contributed by atoms with Crippen molar-refractivity contribution in [2.24, 2.45) is 0 Å². The van der Waals surface area contributed by atoms with Gasteiger partial charge in [-0.1, -0.05) is 24.2 Å². The number of para-hydroxylation sites is 1. The van der Waals surface area contributed by atoms with Crippen LogP contribution in [0.15, 0.2) is 22.7 Å². The second-order valence-corrected chi connectivity index (χ2v) is 5.13. The molecule has 112 valence electrons. The molecule has 21 heavy (non-hydrogen) atoms. The quantitative estimate of drug-likeness (QED) is 0.849. The molecule has 0 atom stereocenters. The summed E-state index contributed by atoms with van der Waals surface area (Å²) in [7, 11) is 0. The van der Waals surface area contributed by atoms with E-state index in [0.717, 1.165) is 5.56 Å². The zero-order valence-corrected chi connectivity index (χ0v) is 11.9. The molecule has 0 radical (unpaired) electrons. The van der Waals surface area contributed by atoms with Gasteiger partial charge in [0, 0.05) is 24.6 Å². The SMILES string of the molecule is CCc1nc(COc2c(F)cccc2CNC2CC2)no1. The van der Waals surface area contributed by atoms with E-state index in [9.17, 15) is 4.39 Å². The Morgan fingerprint density at radius 1 is 1.43 bits per heavy atom. The summed E-state index contributed by atoms with van der Waals surface area (Å²) in [5.74, 6) is 0.867. The molecule has 1 aliphatic rings. The number of aromatic nitrogens is 2. The number of hydrogen-bond donors (Lipinski definition) is 1. The molecule has 0 amide bonds. The molecular weight excluding hydrogens is 273 g/mol. The molecule has 6 heteroatoms. The zero-order chi connectivity index (χ0) is 14.7. The number of benzene rings is 1. The van der Waals surface area contributed by atoms with Gasteiger partial charge in [0.15, 0.2) is 18.2 Å². The lowest BCUT2D eigenvalue weighted by Gasteiger charge is -2.11. The normalized spacial score (nSPS) is 14.4. The highest BCUT2D eigenvalue weighted by Crippen LogP contribution is 2.25. The highest BCUT2D eigenvalue weighted by molar-refractivity contribution is 5.35. The Morgan fingerprint density at radius 3 is 3.00 bits per heavy atom. The number of ether oxygens (including phenoxy) is 1. The van der Waals surface area contributed by atoms with Crippen molar-refractivity contribution in [3.05, 3.63) is 41.3 Å². The molecule has 1 heterocycles. The Labute approximate surface area is 122 Å². The minimum Gasteiger partial charge on any atom is -0.482 e. The van der Waals surface area contributed by atoms with Crippen LogP contribution in [-0.2, 0) is 19.6 Å². The third-order valence-electron chi connectivity index (χ3n) is 3.37. The van der Waals surface area contributed by atoms with Gasteiger partial charge in [0.2, 0.25) is 11.7 Å². The second kappa shape index (κ2) is 6.22. The monoisotopic (exact) mass is 291 g/mol. The fourth-order valence-corrected chi connectivity index (χ4v) is 2.03. The van der Waals surface area contributed by atoms with Gasteiger partial charge in [-0.05, 0) is 18.9 Å². The first-order chi connectivity index (χ1) is 10.3. The van der Waals surface area contributed by atoms with E-state index in [2.05, 4.69) is 15.5 Å². The lowest BCUT2D eigenvalue weighted by atomic mass is 10.2. The maximum absolute atomic E-state index is 13.9. The molecule has 0 saturated heterocycles. The van der Waals surface area contributed by atoms with Crippen LogP contribution >= 0.6 is 0 Å². The maximum atomic E-state index is 13.9. The van der Waals surface area contributed by atoms with Gasteiger partial charge in [-0.3, -0.25) is 0 Å². The molecule has 0 bridgehead atoms. The van der Waals surface area contributed by atoms with E-state index < -0.39 is 0 Å². The summed E-state index contributed by atoms with van der Waals surface area (Å²) in [6.07, 6.45) is 3.05. The van der Waals surface area contributed by atoms with E-state index in [1.807, 2.05) is 13.0 Å². The van der Waals surface area contributed by atoms with Crippen LogP contribution in [0.5, 0.6) is 5.75 Å². The maximum Gasteiger partial charge on any atom is 0.226 e. The van der Waals surface area contributed by atoms with Crippen LogP contribution in [0.4, 0.5) is 4.39 Å². The number of hydrogen-bond acceptors (Lipinski definition) is 5. The number of nitrogens with zero attached hydrogens (tertiary/aromatic N) is 2. The topological polar surface area (TPSA) is 60.2 Å². The van der Waals surface area contributed by atoms with Gasteiger partial charge in [-0.25, -0.2) is 4.39 Å². The predicted molar refractivity (Wildman–Crippen MR) is 74.3 cm³/mol. The second-order valence-electron chi connectivity index (χ2n) is 5.13. The van der Waals surface area contributed by atoms with Crippen LogP contribution in [0.2, 0.25) is 0 Å². The van der Waals surface area contributed by atoms with Gasteiger partial charge in [0.25, 0.3) is 0 Å². The molecule has 1 fully saturated rings. The van der Waals surface area contributed by atoms with Gasteiger partial charge >= 0.3 is 0 Å². The molecule has 3 rings (SSSR count). The van der Waals surface area contributed by atoms with Crippen molar-refractivity contribution >= 4 is 0 Å². The van der Waals surface area contributed by atoms with Crippen LogP contribution in [0, 0.1) is 5.82 Å². The lowest BCUT2D eigenvalue weighted by Crippen LogP contribution is -2.16. The molecule has 1 aromatic carbocycles. The molecule has 1 N–H and O–H groups in total. The predicted octanol–water partition coefficient (Wildman–Crippen LogP) is 2.60. The van der Waals surface area contributed by atoms with Crippen molar-refractivity contribution in [2.45, 2.75) is 45.4 Å². The zero-order valence-electron chi connectivity index (χ0n) is 11.9. The Hall–Kier alpha value is -1.95. The number of aryl methyl sites for hydroxylation is 1. The van der Waals surface area contributed by atoms with Gasteiger partial charge < -0.3 is 14.6 Å². The first kappa shape index (κ1) is 14.0. The molecule has 1 saturated carbocycles. The molecule has 0 aliphatic heterocycles. The molecule has 5 nitrogen and oxygen atoms in total. The first-order valence-electron chi connectivity index (χ1n) is 7.21. The van der Waals surface area contributed by atoms with E-state index in [4.69, 9.17) is 9.26 Å². The Balaban J connectivity index is 1.67. The number of halogens is 1. The van der Waals surface area contributed by atoms with Gasteiger partial charge in [-0.15, -0.1) is 0 Å². The fraction of sp³-hybridized carbons (Fsp3) is 0.467. The van der Waals surface area contributed by atoms with E-state index in [0.29, 0.717) is 30.7 Å². The largest absolute Gasteiger partial charge is 0.482 e. The summed E-state index contributed by atoms with van der Waals surface area (Å²) in [4.78, 5) is 4.15. The summed E-state index contributed by atoms with van der Waals surface area (Å²) in [5, 5.41) is 7.15. The summed E-state index contributed by atoms with van der Waals surface area (Å²) in [6.45, 7) is 2.63. The van der Waals surface area contributed by atoms with Gasteiger partial charge in [0.05, 0.1) is 0 Å². The van der Waals surface area contributed by atoms with Crippen molar-refractivity contribution in [2.75, 3.05) is 0 Å². The van der Waals surface area contributed by atoms with Crippen molar-refractivity contribution in [3.63, 3.8) is 0 Å². The van der Waals surface area contributed by atoms with Gasteiger partial charge in [-0.2, -0.15) is 4.98 Å². The summed E-state index contributed by atoms with van der Waals surface area (Å²) in [6, 6.07) is 5.51. The molecule has 1 aromatic heterocycles. The summed E-state index contributed by atoms with van der Waals surface area (Å²) < 4.78 is 24.5. The standard InChI is InChI=1S/C15H18FN3O2/c1-2-14-18-13(19-21-14)9-20-15-10(4-3-5-12(15)16)8-17-11-6-7-11/h3-5,11,17H,2,6-9H2,1H3.